The summed E-state index contributed by atoms with van der Waals surface area (Å²) in [5, 5.41) is 6.66. The van der Waals surface area contributed by atoms with Crippen LogP contribution >= 0.6 is 34.5 Å². The topological polar surface area (TPSA) is 94.6 Å². The first-order valence-corrected chi connectivity index (χ1v) is 14.2. The predicted octanol–water partition coefficient (Wildman–Crippen LogP) is 4.00. The molecule has 12 heteroatoms. The lowest BCUT2D eigenvalue weighted by molar-refractivity contribution is -0.122. The zero-order valence-corrected chi connectivity index (χ0v) is 21.7. The van der Waals surface area contributed by atoms with E-state index in [1.807, 2.05) is 12.1 Å². The highest BCUT2D eigenvalue weighted by Crippen LogP contribution is 2.30. The van der Waals surface area contributed by atoms with E-state index in [1.54, 1.807) is 28.5 Å². The first kappa shape index (κ1) is 24.5. The van der Waals surface area contributed by atoms with Gasteiger partial charge >= 0.3 is 0 Å². The van der Waals surface area contributed by atoms with Crippen LogP contribution in [0.5, 0.6) is 0 Å². The number of anilines is 2. The van der Waals surface area contributed by atoms with Crippen LogP contribution < -0.4 is 14.9 Å². The number of nitrogens with zero attached hydrogens (tertiary/aromatic N) is 3. The summed E-state index contributed by atoms with van der Waals surface area (Å²) >= 11 is 13.6. The fraction of sp³-hybridized carbons (Fsp3) is 0.304. The van der Waals surface area contributed by atoms with E-state index in [-0.39, 0.29) is 22.9 Å². The van der Waals surface area contributed by atoms with E-state index in [0.29, 0.717) is 40.4 Å². The summed E-state index contributed by atoms with van der Waals surface area (Å²) in [6.45, 7) is 2.75. The molecule has 0 bridgehead atoms. The molecule has 1 aromatic heterocycles. The van der Waals surface area contributed by atoms with Crippen LogP contribution in [0.3, 0.4) is 0 Å². The lowest BCUT2D eigenvalue weighted by Gasteiger charge is -2.37. The molecule has 1 amide bonds. The largest absolute Gasteiger partial charge is 0.311 e. The Morgan fingerprint density at radius 3 is 2.51 bits per heavy atom. The molecule has 3 heterocycles. The van der Waals surface area contributed by atoms with Gasteiger partial charge in [0.15, 0.2) is 5.13 Å². The first-order chi connectivity index (χ1) is 16.8. The van der Waals surface area contributed by atoms with Crippen molar-refractivity contribution in [2.24, 2.45) is 0 Å². The number of carbonyl (C=O) groups excluding carboxylic acids is 1. The molecule has 184 valence electrons. The van der Waals surface area contributed by atoms with Crippen molar-refractivity contribution in [2.75, 3.05) is 35.8 Å². The molecule has 2 aliphatic rings. The fourth-order valence-corrected chi connectivity index (χ4v) is 6.90. The maximum absolute atomic E-state index is 13.3. The number of carbonyl (C=O) groups is 1. The minimum atomic E-state index is -3.74. The molecule has 8 nitrogen and oxygen atoms in total. The van der Waals surface area contributed by atoms with E-state index >= 15 is 0 Å². The summed E-state index contributed by atoms with van der Waals surface area (Å²) < 4.78 is 27.6. The monoisotopic (exact) mass is 551 g/mol. The predicted molar refractivity (Wildman–Crippen MR) is 139 cm³/mol. The number of thiazole rings is 1. The van der Waals surface area contributed by atoms with E-state index in [2.05, 4.69) is 19.9 Å². The van der Waals surface area contributed by atoms with E-state index in [4.69, 9.17) is 23.2 Å². The molecule has 5 rings (SSSR count). The van der Waals surface area contributed by atoms with Gasteiger partial charge in [0.2, 0.25) is 5.91 Å². The average molecular weight is 553 g/mol. The maximum atomic E-state index is 13.3. The van der Waals surface area contributed by atoms with E-state index in [0.717, 1.165) is 18.7 Å². The molecular weight excluding hydrogens is 529 g/mol. The van der Waals surface area contributed by atoms with Gasteiger partial charge in [-0.25, -0.2) is 13.4 Å². The number of piperazine rings is 1. The standard InChI is InChI=1S/C23H23Cl2N5O3S2/c24-16-11-15(12-17(25)13-16)20-14-29(9-6-26-20)21-5-8-30(22(21)31)18-1-3-19(4-2-18)35(32,33)28-23-27-7-10-34-23/h1-4,7,10-13,20-21,26H,5-6,8-9,14H2,(H,27,28). The van der Waals surface area contributed by atoms with Crippen LogP contribution in [0.2, 0.25) is 10.0 Å². The van der Waals surface area contributed by atoms with Gasteiger partial charge in [0.25, 0.3) is 10.0 Å². The Hall–Kier alpha value is -2.21. The number of hydrogen-bond donors (Lipinski definition) is 2. The Bertz CT molecular complexity index is 1300. The van der Waals surface area contributed by atoms with Crippen molar-refractivity contribution in [1.82, 2.24) is 15.2 Å². The molecule has 0 spiro atoms. The second-order valence-corrected chi connectivity index (χ2v) is 11.9. The molecule has 2 N–H and O–H groups in total. The Kier molecular flexibility index (Phi) is 7.02. The molecular formula is C23H23Cl2N5O3S2. The molecule has 2 aromatic carbocycles. The van der Waals surface area contributed by atoms with Crippen molar-refractivity contribution >= 4 is 61.3 Å². The number of rotatable bonds is 6. The highest BCUT2D eigenvalue weighted by atomic mass is 35.5. The summed E-state index contributed by atoms with van der Waals surface area (Å²) in [7, 11) is -3.74. The first-order valence-electron chi connectivity index (χ1n) is 11.1. The molecule has 2 atom stereocenters. The molecule has 35 heavy (non-hydrogen) atoms. The third kappa shape index (κ3) is 5.32. The Morgan fingerprint density at radius 1 is 1.09 bits per heavy atom. The van der Waals surface area contributed by atoms with Gasteiger partial charge in [-0.3, -0.25) is 14.4 Å². The Labute approximate surface area is 217 Å². The van der Waals surface area contributed by atoms with Crippen molar-refractivity contribution < 1.29 is 13.2 Å². The van der Waals surface area contributed by atoms with Crippen LogP contribution in [0.4, 0.5) is 10.8 Å². The number of nitrogens with one attached hydrogen (secondary N) is 2. The zero-order valence-electron chi connectivity index (χ0n) is 18.5. The van der Waals surface area contributed by atoms with E-state index in [9.17, 15) is 13.2 Å². The van der Waals surface area contributed by atoms with Gasteiger partial charge in [-0.15, -0.1) is 11.3 Å². The smallest absolute Gasteiger partial charge is 0.263 e. The van der Waals surface area contributed by atoms with Gasteiger partial charge in [0.05, 0.1) is 10.9 Å². The van der Waals surface area contributed by atoms with Crippen LogP contribution in [0, 0.1) is 0 Å². The molecule has 2 saturated heterocycles. The lowest BCUT2D eigenvalue weighted by atomic mass is 10.0. The van der Waals surface area contributed by atoms with Gasteiger partial charge in [-0.1, -0.05) is 23.2 Å². The number of aromatic nitrogens is 1. The SMILES string of the molecule is O=C1C(N2CCNC(c3cc(Cl)cc(Cl)c3)C2)CCN1c1ccc(S(=O)(=O)Nc2nccs2)cc1. The fourth-order valence-electron chi connectivity index (χ4n) is 4.57. The molecule has 2 unspecified atom stereocenters. The minimum Gasteiger partial charge on any atom is -0.311 e. The van der Waals surface area contributed by atoms with Gasteiger partial charge in [0, 0.05) is 59.5 Å². The van der Waals surface area contributed by atoms with Crippen molar-refractivity contribution in [2.45, 2.75) is 23.4 Å². The van der Waals surface area contributed by atoms with Crippen LogP contribution in [-0.2, 0) is 14.8 Å². The third-order valence-electron chi connectivity index (χ3n) is 6.22. The maximum Gasteiger partial charge on any atom is 0.263 e. The van der Waals surface area contributed by atoms with Crippen molar-refractivity contribution in [3.8, 4) is 0 Å². The molecule has 0 radical (unpaired) electrons. The van der Waals surface area contributed by atoms with Crippen molar-refractivity contribution in [3.05, 3.63) is 69.7 Å². The van der Waals surface area contributed by atoms with E-state index < -0.39 is 10.0 Å². The van der Waals surface area contributed by atoms with Crippen LogP contribution in [0.1, 0.15) is 18.0 Å². The van der Waals surface area contributed by atoms with Crippen LogP contribution in [-0.4, -0.2) is 56.4 Å². The highest BCUT2D eigenvalue weighted by molar-refractivity contribution is 7.93. The van der Waals surface area contributed by atoms with Gasteiger partial charge in [-0.05, 0) is 54.4 Å². The summed E-state index contributed by atoms with van der Waals surface area (Å²) in [5.41, 5.74) is 1.68. The quantitative estimate of drug-likeness (QED) is 0.480. The summed E-state index contributed by atoms with van der Waals surface area (Å²) in [5.74, 6) is 0.0197. The van der Waals surface area contributed by atoms with Crippen LogP contribution in [0.25, 0.3) is 0 Å². The summed E-state index contributed by atoms with van der Waals surface area (Å²) in [6.07, 6.45) is 2.24. The normalized spacial score (nSPS) is 21.4. The Morgan fingerprint density at radius 2 is 1.83 bits per heavy atom. The highest BCUT2D eigenvalue weighted by Gasteiger charge is 2.38. The lowest BCUT2D eigenvalue weighted by Crippen LogP contribution is -2.52. The average Bonchev–Trinajstić information content (AvgIpc) is 3.48. The number of benzene rings is 2. The minimum absolute atomic E-state index is 0.0197. The summed E-state index contributed by atoms with van der Waals surface area (Å²) in [6, 6.07) is 11.7. The molecule has 3 aromatic rings. The molecule has 2 fully saturated rings. The number of sulfonamides is 1. The molecule has 2 aliphatic heterocycles. The van der Waals surface area contributed by atoms with Gasteiger partial charge < -0.3 is 10.2 Å². The number of amides is 1. The second kappa shape index (κ2) is 10.0. The third-order valence-corrected chi connectivity index (χ3v) is 8.83. The molecule has 0 aliphatic carbocycles. The molecule has 0 saturated carbocycles. The van der Waals surface area contributed by atoms with Gasteiger partial charge in [0.1, 0.15) is 0 Å². The van der Waals surface area contributed by atoms with Crippen molar-refractivity contribution in [1.29, 1.82) is 0 Å². The van der Waals surface area contributed by atoms with Crippen LogP contribution in [0.15, 0.2) is 58.9 Å². The second-order valence-electron chi connectivity index (χ2n) is 8.44. The Balaban J connectivity index is 1.27. The van der Waals surface area contributed by atoms with Gasteiger partial charge in [-0.2, -0.15) is 0 Å². The summed E-state index contributed by atoms with van der Waals surface area (Å²) in [4.78, 5) is 21.3. The zero-order chi connectivity index (χ0) is 24.6. The number of halogens is 2. The number of hydrogen-bond acceptors (Lipinski definition) is 7. The van der Waals surface area contributed by atoms with Crippen molar-refractivity contribution in [3.63, 3.8) is 0 Å². The van der Waals surface area contributed by atoms with E-state index in [1.165, 1.54) is 29.7 Å².